The maximum Gasteiger partial charge on any atom is 0.416 e. The van der Waals surface area contributed by atoms with E-state index in [0.717, 1.165) is 32.0 Å². The van der Waals surface area contributed by atoms with E-state index in [-0.39, 0.29) is 11.6 Å². The van der Waals surface area contributed by atoms with Gasteiger partial charge in [0.25, 0.3) is 0 Å². The lowest BCUT2D eigenvalue weighted by Gasteiger charge is -2.29. The summed E-state index contributed by atoms with van der Waals surface area (Å²) in [6.45, 7) is 1.79. The maximum absolute atomic E-state index is 12.9. The average Bonchev–Trinajstić information content (AvgIpc) is 2.38. The number of hydrogen-bond acceptors (Lipinski definition) is 3. The Bertz CT molecular complexity index is 528. The van der Waals surface area contributed by atoms with Crippen molar-refractivity contribution in [2.24, 2.45) is 4.99 Å². The first-order chi connectivity index (χ1) is 9.40. The summed E-state index contributed by atoms with van der Waals surface area (Å²) in [5, 5.41) is 2.13. The minimum atomic E-state index is -4.37. The quantitative estimate of drug-likeness (QED) is 0.599. The van der Waals surface area contributed by atoms with Gasteiger partial charge in [0, 0.05) is 0 Å². The molecule has 1 fully saturated rings. The Balaban J connectivity index is 2.36. The highest BCUT2D eigenvalue weighted by Crippen LogP contribution is 2.36. The fraction of sp³-hybridized carbons (Fsp3) is 0.500. The van der Waals surface area contributed by atoms with Crippen molar-refractivity contribution >= 4 is 23.1 Å². The second-order valence-electron chi connectivity index (χ2n) is 5.09. The van der Waals surface area contributed by atoms with E-state index in [1.54, 1.807) is 6.07 Å². The Morgan fingerprint density at radius 3 is 2.45 bits per heavy atom. The van der Waals surface area contributed by atoms with Crippen molar-refractivity contribution in [2.45, 2.75) is 24.9 Å². The molecule has 1 aliphatic heterocycles. The first-order valence-electron chi connectivity index (χ1n) is 6.39. The highest BCUT2D eigenvalue weighted by Gasteiger charge is 2.32. The van der Waals surface area contributed by atoms with Crippen LogP contribution in [-0.2, 0) is 6.18 Å². The van der Waals surface area contributed by atoms with Crippen LogP contribution >= 0.6 is 12.2 Å². The zero-order valence-corrected chi connectivity index (χ0v) is 11.9. The van der Waals surface area contributed by atoms with Crippen LogP contribution in [0.25, 0.3) is 0 Å². The number of rotatable bonds is 2. The van der Waals surface area contributed by atoms with E-state index in [2.05, 4.69) is 27.3 Å². The van der Waals surface area contributed by atoms with Crippen LogP contribution in [0.5, 0.6) is 0 Å². The Morgan fingerprint density at radius 2 is 1.90 bits per heavy atom. The minimum Gasteiger partial charge on any atom is -0.306 e. The van der Waals surface area contributed by atoms with Gasteiger partial charge in [0.05, 0.1) is 16.4 Å². The monoisotopic (exact) mass is 300 g/mol. The van der Waals surface area contributed by atoms with Gasteiger partial charge in [-0.05, 0) is 74.9 Å². The van der Waals surface area contributed by atoms with Crippen LogP contribution in [0.2, 0.25) is 0 Å². The van der Waals surface area contributed by atoms with E-state index in [0.29, 0.717) is 5.56 Å². The van der Waals surface area contributed by atoms with Crippen molar-refractivity contribution in [1.29, 1.82) is 0 Å². The number of thiocarbonyl (C=S) groups is 1. The van der Waals surface area contributed by atoms with Crippen LogP contribution in [0.1, 0.15) is 29.9 Å². The molecular formula is C14H15F3N2S. The molecule has 20 heavy (non-hydrogen) atoms. The highest BCUT2D eigenvalue weighted by molar-refractivity contribution is 7.78. The predicted octanol–water partition coefficient (Wildman–Crippen LogP) is 4.25. The third-order valence-electron chi connectivity index (χ3n) is 3.63. The molecule has 1 saturated heterocycles. The van der Waals surface area contributed by atoms with Gasteiger partial charge in [0.1, 0.15) is 0 Å². The number of halogens is 3. The zero-order valence-electron chi connectivity index (χ0n) is 11.1. The second kappa shape index (κ2) is 6.04. The number of likely N-dealkylation sites (tertiary alicyclic amines) is 1. The predicted molar refractivity (Wildman–Crippen MR) is 75.6 cm³/mol. The molecule has 1 aromatic carbocycles. The maximum atomic E-state index is 12.9. The van der Waals surface area contributed by atoms with Gasteiger partial charge in [-0.1, -0.05) is 0 Å². The average molecular weight is 300 g/mol. The van der Waals surface area contributed by atoms with Crippen molar-refractivity contribution in [3.8, 4) is 0 Å². The van der Waals surface area contributed by atoms with E-state index >= 15 is 0 Å². The molecule has 0 saturated carbocycles. The summed E-state index contributed by atoms with van der Waals surface area (Å²) in [6.07, 6.45) is -2.65. The Hall–Kier alpha value is -1.23. The number of aliphatic imine (C=N–C) groups is 1. The fourth-order valence-electron chi connectivity index (χ4n) is 2.49. The normalized spacial score (nSPS) is 17.8. The number of alkyl halides is 3. The Kier molecular flexibility index (Phi) is 4.58. The lowest BCUT2D eigenvalue weighted by molar-refractivity contribution is -0.137. The molecule has 0 radical (unpaired) electrons. The summed E-state index contributed by atoms with van der Waals surface area (Å²) in [5.74, 6) is 0.146. The third kappa shape index (κ3) is 3.66. The van der Waals surface area contributed by atoms with Crippen molar-refractivity contribution in [2.75, 3.05) is 20.1 Å². The summed E-state index contributed by atoms with van der Waals surface area (Å²) in [5.41, 5.74) is 0.249. The molecule has 0 aromatic heterocycles. The third-order valence-corrected chi connectivity index (χ3v) is 3.72. The van der Waals surface area contributed by atoms with Gasteiger partial charge in [-0.15, -0.1) is 0 Å². The van der Waals surface area contributed by atoms with E-state index < -0.39 is 11.7 Å². The number of benzene rings is 1. The van der Waals surface area contributed by atoms with Gasteiger partial charge in [-0.3, -0.25) is 0 Å². The summed E-state index contributed by atoms with van der Waals surface area (Å²) >= 11 is 4.48. The molecule has 2 nitrogen and oxygen atoms in total. The van der Waals surface area contributed by atoms with Crippen LogP contribution in [0.3, 0.4) is 0 Å². The first-order valence-corrected chi connectivity index (χ1v) is 6.79. The van der Waals surface area contributed by atoms with Gasteiger partial charge in [-0.25, -0.2) is 0 Å². The van der Waals surface area contributed by atoms with Crippen molar-refractivity contribution in [1.82, 2.24) is 4.90 Å². The Morgan fingerprint density at radius 1 is 1.25 bits per heavy atom. The van der Waals surface area contributed by atoms with Crippen LogP contribution in [0.4, 0.5) is 18.9 Å². The molecule has 6 heteroatoms. The summed E-state index contributed by atoms with van der Waals surface area (Å²) in [4.78, 5) is 5.89. The lowest BCUT2D eigenvalue weighted by atomic mass is 9.88. The fourth-order valence-corrected chi connectivity index (χ4v) is 2.60. The first kappa shape index (κ1) is 15.2. The number of nitrogens with zero attached hydrogens (tertiary/aromatic N) is 2. The molecule has 0 N–H and O–H groups in total. The van der Waals surface area contributed by atoms with E-state index in [1.807, 2.05) is 7.05 Å². The van der Waals surface area contributed by atoms with Crippen LogP contribution in [0.15, 0.2) is 23.2 Å². The molecule has 2 rings (SSSR count). The second-order valence-corrected chi connectivity index (χ2v) is 5.27. The lowest BCUT2D eigenvalue weighted by Crippen LogP contribution is -2.29. The molecule has 0 amide bonds. The molecule has 1 aliphatic rings. The van der Waals surface area contributed by atoms with Crippen LogP contribution < -0.4 is 0 Å². The molecule has 108 valence electrons. The van der Waals surface area contributed by atoms with Gasteiger partial charge >= 0.3 is 6.18 Å². The minimum absolute atomic E-state index is 0.146. The number of isothiocyanates is 1. The summed E-state index contributed by atoms with van der Waals surface area (Å²) in [6, 6.07) is 3.93. The van der Waals surface area contributed by atoms with Gasteiger partial charge in [-0.2, -0.15) is 18.2 Å². The van der Waals surface area contributed by atoms with E-state index in [9.17, 15) is 13.2 Å². The Labute approximate surface area is 121 Å². The van der Waals surface area contributed by atoms with Gasteiger partial charge in [0.2, 0.25) is 0 Å². The van der Waals surface area contributed by atoms with Gasteiger partial charge < -0.3 is 4.90 Å². The molecule has 0 spiro atoms. The summed E-state index contributed by atoms with van der Waals surface area (Å²) < 4.78 is 38.8. The van der Waals surface area contributed by atoms with Crippen molar-refractivity contribution in [3.63, 3.8) is 0 Å². The highest BCUT2D eigenvalue weighted by atomic mass is 32.1. The van der Waals surface area contributed by atoms with Crippen molar-refractivity contribution < 1.29 is 13.2 Å². The topological polar surface area (TPSA) is 15.6 Å². The zero-order chi connectivity index (χ0) is 14.8. The molecule has 0 unspecified atom stereocenters. The van der Waals surface area contributed by atoms with E-state index in [4.69, 9.17) is 0 Å². The standard InChI is InChI=1S/C14H15F3N2S/c1-19-4-2-10(3-5-19)11-6-12(14(15,16)17)8-13(7-11)18-9-20/h6-8,10H,2-5H2,1H3. The van der Waals surface area contributed by atoms with Crippen molar-refractivity contribution in [3.05, 3.63) is 29.3 Å². The number of piperidine rings is 1. The molecular weight excluding hydrogens is 285 g/mol. The summed E-state index contributed by atoms with van der Waals surface area (Å²) in [7, 11) is 2.02. The smallest absolute Gasteiger partial charge is 0.306 e. The van der Waals surface area contributed by atoms with Crippen LogP contribution in [0, 0.1) is 0 Å². The molecule has 1 aromatic rings. The largest absolute Gasteiger partial charge is 0.416 e. The van der Waals surface area contributed by atoms with Crippen LogP contribution in [-0.4, -0.2) is 30.2 Å². The van der Waals surface area contributed by atoms with Gasteiger partial charge in [0.15, 0.2) is 0 Å². The molecule has 0 atom stereocenters. The molecule has 0 bridgehead atoms. The number of hydrogen-bond donors (Lipinski definition) is 0. The SMILES string of the molecule is CN1CCC(c2cc(N=C=S)cc(C(F)(F)F)c2)CC1. The molecule has 0 aliphatic carbocycles. The van der Waals surface area contributed by atoms with E-state index in [1.165, 1.54) is 6.07 Å². The molecule has 1 heterocycles.